The Bertz CT molecular complexity index is 688. The zero-order chi connectivity index (χ0) is 12.5. The zero-order valence-corrected chi connectivity index (χ0v) is 11.1. The van der Waals surface area contributed by atoms with E-state index in [9.17, 15) is 0 Å². The molecule has 4 nitrogen and oxygen atoms in total. The highest BCUT2D eigenvalue weighted by molar-refractivity contribution is 9.10. The first-order chi connectivity index (χ1) is 8.72. The van der Waals surface area contributed by atoms with Gasteiger partial charge >= 0.3 is 0 Å². The van der Waals surface area contributed by atoms with E-state index in [0.29, 0.717) is 12.2 Å². The molecule has 0 spiro atoms. The van der Waals surface area contributed by atoms with Crippen molar-refractivity contribution in [2.24, 2.45) is 0 Å². The first kappa shape index (κ1) is 11.2. The number of nitrogens with zero attached hydrogens (tertiary/aromatic N) is 3. The highest BCUT2D eigenvalue weighted by Gasteiger charge is 2.06. The van der Waals surface area contributed by atoms with Crippen LogP contribution in [0.25, 0.3) is 5.65 Å². The third kappa shape index (κ3) is 2.09. The predicted octanol–water partition coefficient (Wildman–Crippen LogP) is 2.66. The summed E-state index contributed by atoms with van der Waals surface area (Å²) in [5, 5.41) is 4.40. The van der Waals surface area contributed by atoms with Crippen molar-refractivity contribution in [1.29, 1.82) is 0 Å². The topological polar surface area (TPSA) is 56.2 Å². The molecule has 5 heteroatoms. The second-order valence-corrected chi connectivity index (χ2v) is 4.97. The maximum atomic E-state index is 5.84. The first-order valence-electron chi connectivity index (χ1n) is 5.57. The Morgan fingerprint density at radius 1 is 1.11 bits per heavy atom. The average molecular weight is 303 g/mol. The lowest BCUT2D eigenvalue weighted by atomic mass is 10.1. The molecule has 2 heterocycles. The van der Waals surface area contributed by atoms with Gasteiger partial charge in [-0.1, -0.05) is 34.1 Å². The van der Waals surface area contributed by atoms with E-state index in [1.54, 1.807) is 4.52 Å². The van der Waals surface area contributed by atoms with E-state index in [-0.39, 0.29) is 0 Å². The number of pyridine rings is 1. The number of hydrogen-bond donors (Lipinski definition) is 1. The van der Waals surface area contributed by atoms with Crippen molar-refractivity contribution in [2.75, 3.05) is 5.73 Å². The van der Waals surface area contributed by atoms with Crippen molar-refractivity contribution >= 4 is 27.4 Å². The average Bonchev–Trinajstić information content (AvgIpc) is 2.76. The van der Waals surface area contributed by atoms with Crippen LogP contribution in [0.4, 0.5) is 5.82 Å². The molecule has 0 aliphatic carbocycles. The van der Waals surface area contributed by atoms with Crippen LogP contribution in [-0.4, -0.2) is 14.6 Å². The lowest BCUT2D eigenvalue weighted by molar-refractivity contribution is 0.908. The lowest BCUT2D eigenvalue weighted by Gasteiger charge is -1.97. The summed E-state index contributed by atoms with van der Waals surface area (Å²) < 4.78 is 2.73. The van der Waals surface area contributed by atoms with Gasteiger partial charge in [0.25, 0.3) is 0 Å². The fourth-order valence-corrected chi connectivity index (χ4v) is 2.09. The van der Waals surface area contributed by atoms with Crippen molar-refractivity contribution in [1.82, 2.24) is 14.6 Å². The van der Waals surface area contributed by atoms with Gasteiger partial charge in [0.15, 0.2) is 11.5 Å². The van der Waals surface area contributed by atoms with E-state index in [1.807, 2.05) is 30.3 Å². The summed E-state index contributed by atoms with van der Waals surface area (Å²) >= 11 is 3.42. The molecule has 2 N–H and O–H groups in total. The van der Waals surface area contributed by atoms with Gasteiger partial charge in [-0.15, -0.1) is 5.10 Å². The monoisotopic (exact) mass is 302 g/mol. The molecular formula is C13H11BrN4. The molecule has 0 bridgehead atoms. The molecule has 0 atom stereocenters. The molecule has 0 amide bonds. The molecule has 0 unspecified atom stereocenters. The largest absolute Gasteiger partial charge is 0.384 e. The number of nitrogens with two attached hydrogens (primary N) is 1. The molecule has 0 saturated heterocycles. The standard InChI is InChI=1S/C13H11BrN4/c14-10-6-4-9(5-7-10)8-12-16-13-3-1-2-11(15)18(13)17-12/h1-7H,8,15H2. The molecule has 90 valence electrons. The van der Waals surface area contributed by atoms with Crippen LogP contribution in [0.5, 0.6) is 0 Å². The molecule has 3 aromatic rings. The fourth-order valence-electron chi connectivity index (χ4n) is 1.83. The summed E-state index contributed by atoms with van der Waals surface area (Å²) in [6.45, 7) is 0. The van der Waals surface area contributed by atoms with Gasteiger partial charge in [0.1, 0.15) is 5.82 Å². The summed E-state index contributed by atoms with van der Waals surface area (Å²) in [6.07, 6.45) is 0.703. The Balaban J connectivity index is 1.95. The van der Waals surface area contributed by atoms with Crippen LogP contribution in [0.15, 0.2) is 46.9 Å². The number of hydrogen-bond acceptors (Lipinski definition) is 3. The predicted molar refractivity (Wildman–Crippen MR) is 74.3 cm³/mol. The third-order valence-electron chi connectivity index (χ3n) is 2.71. The van der Waals surface area contributed by atoms with Crippen LogP contribution in [0.3, 0.4) is 0 Å². The fraction of sp³-hybridized carbons (Fsp3) is 0.0769. The molecular weight excluding hydrogens is 292 g/mol. The van der Waals surface area contributed by atoms with Crippen molar-refractivity contribution in [3.63, 3.8) is 0 Å². The lowest BCUT2D eigenvalue weighted by Crippen LogP contribution is -1.98. The third-order valence-corrected chi connectivity index (χ3v) is 3.24. The highest BCUT2D eigenvalue weighted by Crippen LogP contribution is 2.14. The normalized spacial score (nSPS) is 10.9. The van der Waals surface area contributed by atoms with Gasteiger partial charge in [0, 0.05) is 10.9 Å². The maximum absolute atomic E-state index is 5.84. The zero-order valence-electron chi connectivity index (χ0n) is 9.55. The van der Waals surface area contributed by atoms with Gasteiger partial charge in [-0.2, -0.15) is 4.52 Å². The smallest absolute Gasteiger partial charge is 0.157 e. The van der Waals surface area contributed by atoms with E-state index < -0.39 is 0 Å². The Labute approximate surface area is 113 Å². The molecule has 0 aliphatic heterocycles. The number of nitrogen functional groups attached to an aromatic ring is 1. The highest BCUT2D eigenvalue weighted by atomic mass is 79.9. The molecule has 3 rings (SSSR count). The van der Waals surface area contributed by atoms with E-state index in [1.165, 1.54) is 5.56 Å². The maximum Gasteiger partial charge on any atom is 0.157 e. The van der Waals surface area contributed by atoms with Gasteiger partial charge in [0.2, 0.25) is 0 Å². The summed E-state index contributed by atoms with van der Waals surface area (Å²) in [4.78, 5) is 4.45. The van der Waals surface area contributed by atoms with Gasteiger partial charge in [-0.3, -0.25) is 0 Å². The summed E-state index contributed by atoms with van der Waals surface area (Å²) in [5.74, 6) is 1.37. The minimum absolute atomic E-state index is 0.599. The molecule has 0 aliphatic rings. The Hall–Kier alpha value is -1.88. The molecule has 0 fully saturated rings. The SMILES string of the molecule is Nc1cccc2nc(Cc3ccc(Br)cc3)nn12. The number of benzene rings is 1. The van der Waals surface area contributed by atoms with E-state index in [4.69, 9.17) is 5.73 Å². The number of rotatable bonds is 2. The summed E-state index contributed by atoms with van der Waals surface area (Å²) in [5.41, 5.74) is 7.79. The number of aromatic nitrogens is 3. The van der Waals surface area contributed by atoms with E-state index in [0.717, 1.165) is 15.9 Å². The first-order valence-corrected chi connectivity index (χ1v) is 6.36. The van der Waals surface area contributed by atoms with Crippen LogP contribution < -0.4 is 5.73 Å². The minimum atomic E-state index is 0.599. The minimum Gasteiger partial charge on any atom is -0.384 e. The number of anilines is 1. The quantitative estimate of drug-likeness (QED) is 0.792. The van der Waals surface area contributed by atoms with Crippen LogP contribution in [0.2, 0.25) is 0 Å². The van der Waals surface area contributed by atoms with Crippen LogP contribution in [0.1, 0.15) is 11.4 Å². The van der Waals surface area contributed by atoms with E-state index >= 15 is 0 Å². The van der Waals surface area contributed by atoms with Gasteiger partial charge in [-0.05, 0) is 29.8 Å². The molecule has 18 heavy (non-hydrogen) atoms. The molecule has 1 aromatic carbocycles. The molecule has 0 radical (unpaired) electrons. The second-order valence-electron chi connectivity index (χ2n) is 4.05. The van der Waals surface area contributed by atoms with Crippen molar-refractivity contribution < 1.29 is 0 Å². The summed E-state index contributed by atoms with van der Waals surface area (Å²) in [6, 6.07) is 13.7. The Kier molecular flexibility index (Phi) is 2.76. The Morgan fingerprint density at radius 3 is 2.61 bits per heavy atom. The summed E-state index contributed by atoms with van der Waals surface area (Å²) in [7, 11) is 0. The van der Waals surface area contributed by atoms with E-state index in [2.05, 4.69) is 38.1 Å². The number of fused-ring (bicyclic) bond motifs is 1. The van der Waals surface area contributed by atoms with Gasteiger partial charge in [-0.25, -0.2) is 4.98 Å². The van der Waals surface area contributed by atoms with Gasteiger partial charge < -0.3 is 5.73 Å². The number of halogens is 1. The van der Waals surface area contributed by atoms with Crippen LogP contribution in [-0.2, 0) is 6.42 Å². The molecule has 2 aromatic heterocycles. The van der Waals surface area contributed by atoms with Gasteiger partial charge in [0.05, 0.1) is 0 Å². The van der Waals surface area contributed by atoms with Crippen molar-refractivity contribution in [2.45, 2.75) is 6.42 Å². The van der Waals surface area contributed by atoms with Crippen molar-refractivity contribution in [3.8, 4) is 0 Å². The van der Waals surface area contributed by atoms with Crippen LogP contribution >= 0.6 is 15.9 Å². The van der Waals surface area contributed by atoms with Crippen molar-refractivity contribution in [3.05, 3.63) is 58.3 Å². The second kappa shape index (κ2) is 4.42. The Morgan fingerprint density at radius 2 is 1.89 bits per heavy atom. The van der Waals surface area contributed by atoms with Crippen LogP contribution in [0, 0.1) is 0 Å². The molecule has 0 saturated carbocycles.